The Bertz CT molecular complexity index is 1070. The number of rotatable bonds is 10. The van der Waals surface area contributed by atoms with Crippen LogP contribution in [0.15, 0.2) is 58.9 Å². The lowest BCUT2D eigenvalue weighted by Gasteiger charge is -2.07. The zero-order valence-electron chi connectivity index (χ0n) is 16.4. The van der Waals surface area contributed by atoms with E-state index in [1.807, 2.05) is 24.3 Å². The molecular weight excluding hydrogens is 424 g/mol. The molecule has 3 rings (SSSR count). The van der Waals surface area contributed by atoms with Gasteiger partial charge < -0.3 is 4.74 Å². The van der Waals surface area contributed by atoms with E-state index in [-0.39, 0.29) is 28.5 Å². The topological polar surface area (TPSA) is 110 Å². The number of hydrogen-bond acceptors (Lipinski definition) is 7. The van der Waals surface area contributed by atoms with Crippen molar-refractivity contribution in [3.63, 3.8) is 0 Å². The molecule has 1 aromatic heterocycles. The molecule has 0 bridgehead atoms. The molecule has 0 saturated carbocycles. The summed E-state index contributed by atoms with van der Waals surface area (Å²) in [5.41, 5.74) is 1.67. The van der Waals surface area contributed by atoms with Gasteiger partial charge in [-0.25, -0.2) is 13.1 Å². The maximum atomic E-state index is 12.4. The van der Waals surface area contributed by atoms with Crippen LogP contribution in [0, 0.1) is 0 Å². The Kier molecular flexibility index (Phi) is 7.50. The number of ether oxygens (including phenoxy) is 1. The number of carbonyl (C=O) groups is 1. The molecule has 0 aliphatic heterocycles. The summed E-state index contributed by atoms with van der Waals surface area (Å²) in [5.74, 6) is 0.290. The molecule has 1 amide bonds. The molecule has 30 heavy (non-hydrogen) atoms. The minimum absolute atomic E-state index is 0.0737. The van der Waals surface area contributed by atoms with E-state index in [1.54, 1.807) is 30.3 Å². The number of aryl methyl sites for hydroxylation is 1. The molecule has 2 N–H and O–H groups in total. The number of amides is 1. The first kappa shape index (κ1) is 21.9. The second kappa shape index (κ2) is 10.3. The van der Waals surface area contributed by atoms with Crippen molar-refractivity contribution < 1.29 is 17.9 Å². The highest BCUT2D eigenvalue weighted by molar-refractivity contribution is 7.91. The number of aromatic nitrogens is 2. The molecule has 0 saturated heterocycles. The number of hydrogen-bond donors (Lipinski definition) is 2. The van der Waals surface area contributed by atoms with Gasteiger partial charge in [-0.2, -0.15) is 0 Å². The Morgan fingerprint density at radius 2 is 1.80 bits per heavy atom. The number of nitrogens with zero attached hydrogens (tertiary/aromatic N) is 2. The molecular formula is C20H22N4O4S2. The average Bonchev–Trinajstić information content (AvgIpc) is 3.23. The van der Waals surface area contributed by atoms with Crippen LogP contribution in [-0.2, 0) is 16.4 Å². The smallest absolute Gasteiger partial charge is 0.269 e. The standard InChI is InChI=1S/C20H22N4O4S2/c1-2-6-15-9-11-17(12-10-15)28-14-13-21-30(26,27)20-24-23-19(29-20)22-18(25)16-7-4-3-5-8-16/h3-5,7-12,21H,2,6,13-14H2,1H3,(H,22,23,25). The van der Waals surface area contributed by atoms with Crippen molar-refractivity contribution in [2.24, 2.45) is 0 Å². The van der Waals surface area contributed by atoms with E-state index in [2.05, 4.69) is 27.2 Å². The molecule has 158 valence electrons. The lowest BCUT2D eigenvalue weighted by molar-refractivity contribution is 0.102. The lowest BCUT2D eigenvalue weighted by Crippen LogP contribution is -2.28. The van der Waals surface area contributed by atoms with Gasteiger partial charge in [-0.3, -0.25) is 10.1 Å². The van der Waals surface area contributed by atoms with Gasteiger partial charge >= 0.3 is 0 Å². The van der Waals surface area contributed by atoms with Crippen molar-refractivity contribution >= 4 is 32.4 Å². The summed E-state index contributed by atoms with van der Waals surface area (Å²) in [6.45, 7) is 2.36. The van der Waals surface area contributed by atoms with E-state index >= 15 is 0 Å². The first-order chi connectivity index (χ1) is 14.5. The minimum atomic E-state index is -3.84. The van der Waals surface area contributed by atoms with Gasteiger partial charge in [0.1, 0.15) is 12.4 Å². The van der Waals surface area contributed by atoms with Crippen molar-refractivity contribution in [3.8, 4) is 5.75 Å². The first-order valence-electron chi connectivity index (χ1n) is 9.39. The van der Waals surface area contributed by atoms with Crippen LogP contribution in [0.4, 0.5) is 5.13 Å². The second-order valence-electron chi connectivity index (χ2n) is 6.33. The van der Waals surface area contributed by atoms with Gasteiger partial charge in [-0.05, 0) is 36.2 Å². The molecule has 3 aromatic rings. The number of benzene rings is 2. The highest BCUT2D eigenvalue weighted by Gasteiger charge is 2.20. The fourth-order valence-corrected chi connectivity index (χ4v) is 4.52. The van der Waals surface area contributed by atoms with E-state index in [0.29, 0.717) is 11.3 Å². The van der Waals surface area contributed by atoms with Gasteiger partial charge in [0.15, 0.2) is 0 Å². The first-order valence-corrected chi connectivity index (χ1v) is 11.7. The van der Waals surface area contributed by atoms with Crippen molar-refractivity contribution in [2.45, 2.75) is 24.1 Å². The van der Waals surface area contributed by atoms with Crippen LogP contribution in [0.2, 0.25) is 0 Å². The summed E-state index contributed by atoms with van der Waals surface area (Å²) in [6, 6.07) is 16.3. The molecule has 8 nitrogen and oxygen atoms in total. The SMILES string of the molecule is CCCc1ccc(OCCNS(=O)(=O)c2nnc(NC(=O)c3ccccc3)s2)cc1. The fraction of sp³-hybridized carbons (Fsp3) is 0.250. The fourth-order valence-electron chi connectivity index (χ4n) is 2.58. The highest BCUT2D eigenvalue weighted by atomic mass is 32.2. The summed E-state index contributed by atoms with van der Waals surface area (Å²) >= 11 is 0.778. The normalized spacial score (nSPS) is 11.2. The maximum Gasteiger partial charge on any atom is 0.269 e. The molecule has 0 spiro atoms. The number of carbonyl (C=O) groups excluding carboxylic acids is 1. The highest BCUT2D eigenvalue weighted by Crippen LogP contribution is 2.20. The third-order valence-electron chi connectivity index (χ3n) is 4.02. The Morgan fingerprint density at radius 3 is 2.50 bits per heavy atom. The van der Waals surface area contributed by atoms with Gasteiger partial charge in [-0.1, -0.05) is 55.0 Å². The van der Waals surface area contributed by atoms with Crippen LogP contribution in [0.3, 0.4) is 0 Å². The van der Waals surface area contributed by atoms with Crippen LogP contribution >= 0.6 is 11.3 Å². The number of sulfonamides is 1. The van der Waals surface area contributed by atoms with Crippen LogP contribution in [0.1, 0.15) is 29.3 Å². The molecule has 0 unspecified atom stereocenters. The largest absolute Gasteiger partial charge is 0.492 e. The van der Waals surface area contributed by atoms with Crippen LogP contribution in [0.25, 0.3) is 0 Å². The summed E-state index contributed by atoms with van der Waals surface area (Å²) in [6.07, 6.45) is 2.08. The summed E-state index contributed by atoms with van der Waals surface area (Å²) in [7, 11) is -3.84. The van der Waals surface area contributed by atoms with Gasteiger partial charge in [-0.15, -0.1) is 10.2 Å². The Hall–Kier alpha value is -2.82. The maximum absolute atomic E-state index is 12.4. The van der Waals surface area contributed by atoms with Gasteiger partial charge in [0, 0.05) is 12.1 Å². The summed E-state index contributed by atoms with van der Waals surface area (Å²) in [4.78, 5) is 12.1. The van der Waals surface area contributed by atoms with Gasteiger partial charge in [0.25, 0.3) is 15.9 Å². The molecule has 1 heterocycles. The quantitative estimate of drug-likeness (QED) is 0.366. The lowest BCUT2D eigenvalue weighted by atomic mass is 10.1. The van der Waals surface area contributed by atoms with E-state index in [9.17, 15) is 13.2 Å². The van der Waals surface area contributed by atoms with E-state index in [0.717, 1.165) is 24.2 Å². The molecule has 0 radical (unpaired) electrons. The summed E-state index contributed by atoms with van der Waals surface area (Å²) < 4.78 is 32.5. The third-order valence-corrected chi connectivity index (χ3v) is 6.68. The van der Waals surface area contributed by atoms with Crippen molar-refractivity contribution in [1.82, 2.24) is 14.9 Å². The Morgan fingerprint density at radius 1 is 1.07 bits per heavy atom. The second-order valence-corrected chi connectivity index (χ2v) is 9.25. The summed E-state index contributed by atoms with van der Waals surface area (Å²) in [5, 5.41) is 10.0. The van der Waals surface area contributed by atoms with E-state index in [1.165, 1.54) is 5.56 Å². The minimum Gasteiger partial charge on any atom is -0.492 e. The van der Waals surface area contributed by atoms with Crippen molar-refractivity contribution in [2.75, 3.05) is 18.5 Å². The number of anilines is 1. The molecule has 0 aliphatic rings. The Labute approximate surface area is 179 Å². The average molecular weight is 447 g/mol. The molecule has 0 atom stereocenters. The zero-order chi connectivity index (χ0) is 21.4. The molecule has 0 fully saturated rings. The number of nitrogens with one attached hydrogen (secondary N) is 2. The molecule has 2 aromatic carbocycles. The van der Waals surface area contributed by atoms with Gasteiger partial charge in [0.2, 0.25) is 9.47 Å². The van der Waals surface area contributed by atoms with Crippen molar-refractivity contribution in [1.29, 1.82) is 0 Å². The monoisotopic (exact) mass is 446 g/mol. The zero-order valence-corrected chi connectivity index (χ0v) is 18.0. The van der Waals surface area contributed by atoms with Crippen LogP contribution in [-0.4, -0.2) is 37.7 Å². The predicted molar refractivity (Wildman–Crippen MR) is 115 cm³/mol. The van der Waals surface area contributed by atoms with E-state index < -0.39 is 10.0 Å². The molecule has 10 heteroatoms. The van der Waals surface area contributed by atoms with Crippen molar-refractivity contribution in [3.05, 3.63) is 65.7 Å². The van der Waals surface area contributed by atoms with E-state index in [4.69, 9.17) is 4.74 Å². The van der Waals surface area contributed by atoms with Crippen LogP contribution < -0.4 is 14.8 Å². The third kappa shape index (κ3) is 6.09. The van der Waals surface area contributed by atoms with Gasteiger partial charge in [0.05, 0.1) is 0 Å². The Balaban J connectivity index is 1.49. The molecule has 0 aliphatic carbocycles. The van der Waals surface area contributed by atoms with Crippen LogP contribution in [0.5, 0.6) is 5.75 Å². The predicted octanol–water partition coefficient (Wildman–Crippen LogP) is 3.10.